The fourth-order valence-corrected chi connectivity index (χ4v) is 5.45. The molecule has 1 aromatic heterocycles. The van der Waals surface area contributed by atoms with Gasteiger partial charge in [-0.3, -0.25) is 9.59 Å². The van der Waals surface area contributed by atoms with Gasteiger partial charge in [-0.05, 0) is 84.7 Å². The van der Waals surface area contributed by atoms with Crippen LogP contribution in [-0.4, -0.2) is 39.9 Å². The van der Waals surface area contributed by atoms with E-state index in [0.29, 0.717) is 18.8 Å². The number of aliphatic carboxylic acids is 2. The fourth-order valence-electron chi connectivity index (χ4n) is 5.45. The summed E-state index contributed by atoms with van der Waals surface area (Å²) in [7, 11) is 0. The van der Waals surface area contributed by atoms with Crippen LogP contribution >= 0.6 is 0 Å². The average Bonchev–Trinajstić information content (AvgIpc) is 3.69. The molecule has 7 nitrogen and oxygen atoms in total. The van der Waals surface area contributed by atoms with E-state index >= 15 is 0 Å². The highest BCUT2D eigenvalue weighted by Crippen LogP contribution is 2.52. The van der Waals surface area contributed by atoms with Crippen LogP contribution in [0.25, 0.3) is 23.1 Å². The lowest BCUT2D eigenvalue weighted by atomic mass is 9.91. The molecule has 43 heavy (non-hydrogen) atoms. The summed E-state index contributed by atoms with van der Waals surface area (Å²) >= 11 is 0. The Balaban J connectivity index is 1.26. The van der Waals surface area contributed by atoms with Crippen LogP contribution in [-0.2, 0) is 22.6 Å². The van der Waals surface area contributed by atoms with E-state index in [9.17, 15) is 24.2 Å². The summed E-state index contributed by atoms with van der Waals surface area (Å²) in [5.41, 5.74) is 4.32. The second-order valence-corrected chi connectivity index (χ2v) is 11.0. The van der Waals surface area contributed by atoms with Gasteiger partial charge in [0, 0.05) is 11.1 Å². The zero-order valence-electron chi connectivity index (χ0n) is 24.0. The van der Waals surface area contributed by atoms with E-state index in [1.807, 2.05) is 72.2 Å². The number of halogens is 1. The quantitative estimate of drug-likeness (QED) is 0.121. The van der Waals surface area contributed by atoms with Crippen LogP contribution in [0.3, 0.4) is 0 Å². The van der Waals surface area contributed by atoms with Crippen LogP contribution in [0.2, 0.25) is 0 Å². The van der Waals surface area contributed by atoms with E-state index in [0.717, 1.165) is 46.1 Å². The summed E-state index contributed by atoms with van der Waals surface area (Å²) in [5.74, 6) is -1.22. The highest BCUT2D eigenvalue weighted by atomic mass is 19.1. The van der Waals surface area contributed by atoms with Crippen LogP contribution in [0.1, 0.15) is 41.6 Å². The number of ether oxygens (including phenoxy) is 2. The van der Waals surface area contributed by atoms with Crippen LogP contribution in [0.4, 0.5) is 4.39 Å². The minimum absolute atomic E-state index is 0.123. The lowest BCUT2D eigenvalue weighted by Gasteiger charge is -2.13. The Morgan fingerprint density at radius 3 is 2.30 bits per heavy atom. The summed E-state index contributed by atoms with van der Waals surface area (Å²) in [6, 6.07) is 19.8. The zero-order valence-corrected chi connectivity index (χ0v) is 24.0. The third-order valence-electron chi connectivity index (χ3n) is 7.85. The predicted octanol–water partition coefficient (Wildman–Crippen LogP) is 7.16. The highest BCUT2D eigenvalue weighted by Gasteiger charge is 2.45. The van der Waals surface area contributed by atoms with Gasteiger partial charge in [0.1, 0.15) is 25.5 Å². The third kappa shape index (κ3) is 7.33. The minimum Gasteiger partial charge on any atom is -0.490 e. The SMILES string of the molecule is Cc1c(CC2(CC(=O)O)CC2)c2cccc(C=Cc3ccc(OCC=CCOc4ccccc4F)cc3)c2n1CC(=O)O. The number of para-hydroxylation sites is 2. The summed E-state index contributed by atoms with van der Waals surface area (Å²) in [5, 5.41) is 20.0. The van der Waals surface area contributed by atoms with Crippen LogP contribution < -0.4 is 9.47 Å². The van der Waals surface area contributed by atoms with Gasteiger partial charge >= 0.3 is 11.9 Å². The van der Waals surface area contributed by atoms with Gasteiger partial charge < -0.3 is 24.3 Å². The highest BCUT2D eigenvalue weighted by molar-refractivity contribution is 5.95. The molecule has 1 saturated carbocycles. The molecule has 3 aromatic carbocycles. The first-order chi connectivity index (χ1) is 20.7. The maximum Gasteiger partial charge on any atom is 0.323 e. The van der Waals surface area contributed by atoms with Crippen LogP contribution in [0, 0.1) is 18.2 Å². The van der Waals surface area contributed by atoms with Crippen molar-refractivity contribution in [2.45, 2.75) is 39.2 Å². The van der Waals surface area contributed by atoms with E-state index in [4.69, 9.17) is 9.47 Å². The monoisotopic (exact) mass is 583 g/mol. The molecule has 1 heterocycles. The van der Waals surface area contributed by atoms with Crippen molar-refractivity contribution in [1.29, 1.82) is 0 Å². The molecule has 0 amide bonds. The van der Waals surface area contributed by atoms with Crippen LogP contribution in [0.5, 0.6) is 11.5 Å². The standard InChI is InChI=1S/C35H34FNO6/c1-24-29(21-35(17-18-35)22-32(38)39)28-8-6-7-26(34(28)37(24)23-33(40)41)14-11-25-12-15-27(16-13-25)42-19-4-5-20-43-31-10-3-2-9-30(31)36/h2-16H,17-23H2,1H3,(H,38,39)(H,40,41). The normalized spacial score (nSPS) is 14.0. The van der Waals surface area contributed by atoms with Crippen molar-refractivity contribution in [2.75, 3.05) is 13.2 Å². The molecule has 0 unspecified atom stereocenters. The molecule has 8 heteroatoms. The minimum atomic E-state index is -0.931. The third-order valence-corrected chi connectivity index (χ3v) is 7.85. The number of benzene rings is 3. The number of hydrogen-bond acceptors (Lipinski definition) is 4. The zero-order chi connectivity index (χ0) is 30.4. The topological polar surface area (TPSA) is 98.0 Å². The molecule has 1 fully saturated rings. The number of carboxylic acid groups (broad SMARTS) is 2. The second kappa shape index (κ2) is 13.0. The van der Waals surface area contributed by atoms with Gasteiger partial charge in [0.15, 0.2) is 11.6 Å². The largest absolute Gasteiger partial charge is 0.490 e. The molecule has 4 aromatic rings. The first-order valence-corrected chi connectivity index (χ1v) is 14.2. The number of nitrogens with zero attached hydrogens (tertiary/aromatic N) is 1. The molecule has 0 bridgehead atoms. The summed E-state index contributed by atoms with van der Waals surface area (Å²) < 4.78 is 26.6. The molecule has 0 saturated heterocycles. The molecule has 222 valence electrons. The van der Waals surface area contributed by atoms with Crippen molar-refractivity contribution >= 4 is 35.0 Å². The Morgan fingerprint density at radius 2 is 1.63 bits per heavy atom. The number of carbonyl (C=O) groups is 2. The Morgan fingerprint density at radius 1 is 0.907 bits per heavy atom. The van der Waals surface area contributed by atoms with Crippen molar-refractivity contribution in [1.82, 2.24) is 4.57 Å². The van der Waals surface area contributed by atoms with Gasteiger partial charge in [0.2, 0.25) is 0 Å². The molecular formula is C35H34FNO6. The van der Waals surface area contributed by atoms with E-state index in [1.54, 1.807) is 24.3 Å². The average molecular weight is 584 g/mol. The lowest BCUT2D eigenvalue weighted by molar-refractivity contribution is -0.139. The van der Waals surface area contributed by atoms with Gasteiger partial charge in [-0.25, -0.2) is 4.39 Å². The van der Waals surface area contributed by atoms with Crippen molar-refractivity contribution < 1.29 is 33.7 Å². The predicted molar refractivity (Wildman–Crippen MR) is 164 cm³/mol. The maximum atomic E-state index is 13.6. The Kier molecular flexibility index (Phi) is 8.95. The number of carboxylic acids is 2. The summed E-state index contributed by atoms with van der Waals surface area (Å²) in [6.07, 6.45) is 10.0. The molecule has 2 N–H and O–H groups in total. The number of fused-ring (bicyclic) bond motifs is 1. The first-order valence-electron chi connectivity index (χ1n) is 14.2. The molecule has 1 aliphatic rings. The number of hydrogen-bond donors (Lipinski definition) is 2. The smallest absolute Gasteiger partial charge is 0.323 e. The van der Waals surface area contributed by atoms with E-state index < -0.39 is 17.8 Å². The van der Waals surface area contributed by atoms with Gasteiger partial charge in [-0.15, -0.1) is 0 Å². The summed E-state index contributed by atoms with van der Waals surface area (Å²) in [4.78, 5) is 23.3. The molecule has 0 aliphatic heterocycles. The maximum absolute atomic E-state index is 13.6. The molecule has 0 spiro atoms. The van der Waals surface area contributed by atoms with Crippen molar-refractivity contribution in [3.8, 4) is 11.5 Å². The molecule has 0 radical (unpaired) electrons. The van der Waals surface area contributed by atoms with Gasteiger partial charge in [-0.1, -0.05) is 54.6 Å². The molecular weight excluding hydrogens is 549 g/mol. The number of rotatable bonds is 14. The first kappa shape index (κ1) is 29.6. The molecule has 1 aliphatic carbocycles. The number of aromatic nitrogens is 1. The van der Waals surface area contributed by atoms with Gasteiger partial charge in [-0.2, -0.15) is 0 Å². The van der Waals surface area contributed by atoms with Gasteiger partial charge in [0.05, 0.1) is 11.9 Å². The van der Waals surface area contributed by atoms with Crippen molar-refractivity contribution in [3.63, 3.8) is 0 Å². The van der Waals surface area contributed by atoms with Crippen molar-refractivity contribution in [2.24, 2.45) is 5.41 Å². The Bertz CT molecular complexity index is 1680. The Labute approximate surface area is 249 Å². The molecule has 0 atom stereocenters. The van der Waals surface area contributed by atoms with Crippen molar-refractivity contribution in [3.05, 3.63) is 107 Å². The molecule has 5 rings (SSSR count). The van der Waals surface area contributed by atoms with E-state index in [1.165, 1.54) is 6.07 Å². The lowest BCUT2D eigenvalue weighted by Crippen LogP contribution is -2.13. The van der Waals surface area contributed by atoms with Gasteiger partial charge in [0.25, 0.3) is 0 Å². The Hall–Kier alpha value is -4.85. The van der Waals surface area contributed by atoms with Crippen LogP contribution in [0.15, 0.2) is 78.9 Å². The second-order valence-electron chi connectivity index (χ2n) is 11.0. The fraction of sp³-hybridized carbons (Fsp3) is 0.257. The van der Waals surface area contributed by atoms with E-state index in [-0.39, 0.29) is 30.7 Å². The van der Waals surface area contributed by atoms with E-state index in [2.05, 4.69) is 0 Å². The summed E-state index contributed by atoms with van der Waals surface area (Å²) in [6.45, 7) is 2.33.